The molecule has 0 aliphatic carbocycles. The van der Waals surface area contributed by atoms with Crippen molar-refractivity contribution >= 4 is 5.91 Å². The van der Waals surface area contributed by atoms with E-state index in [0.29, 0.717) is 39.2 Å². The van der Waals surface area contributed by atoms with Crippen LogP contribution in [-0.2, 0) is 11.3 Å². The normalized spacial score (nSPS) is 12.4. The Morgan fingerprint density at radius 2 is 1.74 bits per heavy atom. The summed E-state index contributed by atoms with van der Waals surface area (Å²) >= 11 is 0. The number of rotatable bonds is 8. The van der Waals surface area contributed by atoms with Crippen molar-refractivity contribution in [3.63, 3.8) is 0 Å². The first-order valence-electron chi connectivity index (χ1n) is 9.05. The zero-order chi connectivity index (χ0) is 19.1. The minimum atomic E-state index is 0.0863. The molecule has 0 fully saturated rings. The predicted molar refractivity (Wildman–Crippen MR) is 102 cm³/mol. The van der Waals surface area contributed by atoms with Gasteiger partial charge in [-0.2, -0.15) is 0 Å². The zero-order valence-electron chi connectivity index (χ0n) is 15.8. The Morgan fingerprint density at radius 1 is 1.04 bits per heavy atom. The maximum absolute atomic E-state index is 12.3. The molecule has 6 nitrogen and oxygen atoms in total. The number of hydrogen-bond acceptors (Lipinski definition) is 5. The van der Waals surface area contributed by atoms with Gasteiger partial charge in [-0.3, -0.25) is 4.79 Å². The first-order chi connectivity index (χ1) is 13.2. The van der Waals surface area contributed by atoms with Crippen molar-refractivity contribution in [2.75, 3.05) is 34.0 Å². The lowest BCUT2D eigenvalue weighted by molar-refractivity contribution is -0.130. The van der Waals surface area contributed by atoms with Gasteiger partial charge in [0.05, 0.1) is 13.7 Å². The number of carbonyl (C=O) groups excluding carboxylic acids is 1. The molecule has 1 amide bonds. The van der Waals surface area contributed by atoms with Crippen LogP contribution in [-0.4, -0.2) is 44.8 Å². The summed E-state index contributed by atoms with van der Waals surface area (Å²) in [6.45, 7) is 2.16. The third kappa shape index (κ3) is 5.29. The number of ether oxygens (including phenoxy) is 4. The van der Waals surface area contributed by atoms with Gasteiger partial charge < -0.3 is 23.8 Å². The van der Waals surface area contributed by atoms with Crippen molar-refractivity contribution in [2.45, 2.75) is 19.4 Å². The Bertz CT molecular complexity index is 760. The molecule has 0 saturated heterocycles. The van der Waals surface area contributed by atoms with E-state index in [-0.39, 0.29) is 5.91 Å². The van der Waals surface area contributed by atoms with Gasteiger partial charge in [0.2, 0.25) is 5.91 Å². The Morgan fingerprint density at radius 3 is 2.48 bits per heavy atom. The van der Waals surface area contributed by atoms with E-state index in [9.17, 15) is 4.79 Å². The van der Waals surface area contributed by atoms with Crippen LogP contribution in [0, 0.1) is 0 Å². The van der Waals surface area contributed by atoms with Gasteiger partial charge in [0.25, 0.3) is 0 Å². The van der Waals surface area contributed by atoms with Gasteiger partial charge in [-0.05, 0) is 48.4 Å². The van der Waals surface area contributed by atoms with E-state index in [2.05, 4.69) is 0 Å². The number of carbonyl (C=O) groups is 1. The Balaban J connectivity index is 1.41. The van der Waals surface area contributed by atoms with E-state index in [0.717, 1.165) is 28.6 Å². The largest absolute Gasteiger partial charge is 0.497 e. The van der Waals surface area contributed by atoms with Crippen molar-refractivity contribution in [1.82, 2.24) is 4.90 Å². The molecule has 0 atom stereocenters. The minimum absolute atomic E-state index is 0.0863. The summed E-state index contributed by atoms with van der Waals surface area (Å²) in [5.74, 6) is 3.15. The molecular formula is C21H25NO5. The van der Waals surface area contributed by atoms with E-state index in [4.69, 9.17) is 18.9 Å². The number of fused-ring (bicyclic) bond motifs is 1. The van der Waals surface area contributed by atoms with Crippen LogP contribution in [0.4, 0.5) is 0 Å². The highest BCUT2D eigenvalue weighted by Gasteiger charge is 2.14. The van der Waals surface area contributed by atoms with E-state index < -0.39 is 0 Å². The average Bonchev–Trinajstić information content (AvgIpc) is 2.71. The minimum Gasteiger partial charge on any atom is -0.497 e. The standard InChI is InChI=1S/C21H25NO5/c1-22(15-16-5-10-19-20(14-16)27-13-12-26-19)21(23)4-3-11-25-18-8-6-17(24-2)7-9-18/h5-10,14H,3-4,11-13,15H2,1-2H3. The van der Waals surface area contributed by atoms with E-state index in [1.165, 1.54) is 0 Å². The molecule has 1 heterocycles. The SMILES string of the molecule is COc1ccc(OCCCC(=O)N(C)Cc2ccc3c(c2)OCCO3)cc1. The first kappa shape index (κ1) is 18.9. The van der Waals surface area contributed by atoms with Crippen molar-refractivity contribution in [2.24, 2.45) is 0 Å². The predicted octanol–water partition coefficient (Wildman–Crippen LogP) is 3.28. The van der Waals surface area contributed by atoms with Gasteiger partial charge in [-0.25, -0.2) is 0 Å². The summed E-state index contributed by atoms with van der Waals surface area (Å²) < 4.78 is 21.9. The van der Waals surface area contributed by atoms with Crippen LogP contribution in [0.2, 0.25) is 0 Å². The fourth-order valence-electron chi connectivity index (χ4n) is 2.82. The zero-order valence-corrected chi connectivity index (χ0v) is 15.8. The number of hydrogen-bond donors (Lipinski definition) is 0. The average molecular weight is 371 g/mol. The molecule has 0 spiro atoms. The second-order valence-corrected chi connectivity index (χ2v) is 6.36. The highest BCUT2D eigenvalue weighted by molar-refractivity contribution is 5.75. The lowest BCUT2D eigenvalue weighted by Gasteiger charge is -2.21. The first-order valence-corrected chi connectivity index (χ1v) is 9.05. The van der Waals surface area contributed by atoms with Crippen LogP contribution in [0.5, 0.6) is 23.0 Å². The van der Waals surface area contributed by atoms with Crippen LogP contribution in [0.15, 0.2) is 42.5 Å². The summed E-state index contributed by atoms with van der Waals surface area (Å²) in [6.07, 6.45) is 1.10. The highest BCUT2D eigenvalue weighted by Crippen LogP contribution is 2.31. The maximum atomic E-state index is 12.3. The summed E-state index contributed by atoms with van der Waals surface area (Å²) in [5.41, 5.74) is 1.02. The van der Waals surface area contributed by atoms with Crippen LogP contribution in [0.25, 0.3) is 0 Å². The van der Waals surface area contributed by atoms with E-state index in [1.54, 1.807) is 12.0 Å². The molecule has 0 N–H and O–H groups in total. The highest BCUT2D eigenvalue weighted by atomic mass is 16.6. The maximum Gasteiger partial charge on any atom is 0.222 e. The number of nitrogens with zero attached hydrogens (tertiary/aromatic N) is 1. The van der Waals surface area contributed by atoms with E-state index in [1.807, 2.05) is 49.5 Å². The van der Waals surface area contributed by atoms with E-state index >= 15 is 0 Å². The summed E-state index contributed by atoms with van der Waals surface area (Å²) in [6, 6.07) is 13.2. The number of methoxy groups -OCH3 is 1. The monoisotopic (exact) mass is 371 g/mol. The van der Waals surface area contributed by atoms with Crippen molar-refractivity contribution in [3.8, 4) is 23.0 Å². The molecule has 144 valence electrons. The van der Waals surface area contributed by atoms with Crippen LogP contribution < -0.4 is 18.9 Å². The third-order valence-corrected chi connectivity index (χ3v) is 4.32. The van der Waals surface area contributed by atoms with Crippen LogP contribution in [0.1, 0.15) is 18.4 Å². The lowest BCUT2D eigenvalue weighted by atomic mass is 10.1. The summed E-state index contributed by atoms with van der Waals surface area (Å²) in [4.78, 5) is 14.0. The number of benzene rings is 2. The number of amides is 1. The Labute approximate surface area is 159 Å². The quantitative estimate of drug-likeness (QED) is 0.667. The molecular weight excluding hydrogens is 346 g/mol. The molecule has 27 heavy (non-hydrogen) atoms. The van der Waals surface area contributed by atoms with Crippen molar-refractivity contribution in [1.29, 1.82) is 0 Å². The molecule has 3 rings (SSSR count). The van der Waals surface area contributed by atoms with Gasteiger partial charge in [-0.15, -0.1) is 0 Å². The van der Waals surface area contributed by atoms with Gasteiger partial charge in [0.1, 0.15) is 24.7 Å². The molecule has 0 aromatic heterocycles. The Hall–Kier alpha value is -2.89. The summed E-state index contributed by atoms with van der Waals surface area (Å²) in [5, 5.41) is 0. The third-order valence-electron chi connectivity index (χ3n) is 4.32. The topological polar surface area (TPSA) is 57.2 Å². The second-order valence-electron chi connectivity index (χ2n) is 6.36. The Kier molecular flexibility index (Phi) is 6.41. The van der Waals surface area contributed by atoms with Gasteiger partial charge >= 0.3 is 0 Å². The molecule has 2 aromatic carbocycles. The molecule has 0 radical (unpaired) electrons. The van der Waals surface area contributed by atoms with Gasteiger partial charge in [0.15, 0.2) is 11.5 Å². The fraction of sp³-hybridized carbons (Fsp3) is 0.381. The molecule has 0 bridgehead atoms. The molecule has 1 aliphatic heterocycles. The molecule has 2 aromatic rings. The fourth-order valence-corrected chi connectivity index (χ4v) is 2.82. The van der Waals surface area contributed by atoms with Crippen LogP contribution >= 0.6 is 0 Å². The molecule has 0 saturated carbocycles. The molecule has 0 unspecified atom stereocenters. The van der Waals surface area contributed by atoms with Crippen LogP contribution in [0.3, 0.4) is 0 Å². The van der Waals surface area contributed by atoms with Gasteiger partial charge in [0, 0.05) is 20.0 Å². The second kappa shape index (κ2) is 9.16. The van der Waals surface area contributed by atoms with Crippen molar-refractivity contribution < 1.29 is 23.7 Å². The lowest BCUT2D eigenvalue weighted by Crippen LogP contribution is -2.26. The smallest absolute Gasteiger partial charge is 0.222 e. The molecule has 1 aliphatic rings. The van der Waals surface area contributed by atoms with Gasteiger partial charge in [-0.1, -0.05) is 6.07 Å². The molecule has 6 heteroatoms. The van der Waals surface area contributed by atoms with Crippen molar-refractivity contribution in [3.05, 3.63) is 48.0 Å². The summed E-state index contributed by atoms with van der Waals surface area (Å²) in [7, 11) is 3.44.